The Kier molecular flexibility index (Phi) is 8.40. The fourth-order valence-electron chi connectivity index (χ4n) is 8.03. The normalized spacial score (nSPS) is 11.2. The highest BCUT2D eigenvalue weighted by molar-refractivity contribution is 6.12. The van der Waals surface area contributed by atoms with Gasteiger partial charge in [-0.25, -0.2) is 0 Å². The van der Waals surface area contributed by atoms with Crippen molar-refractivity contribution in [3.8, 4) is 70.0 Å². The highest BCUT2D eigenvalue weighted by Gasteiger charge is 2.31. The van der Waals surface area contributed by atoms with E-state index in [0.717, 1.165) is 33.9 Å². The van der Waals surface area contributed by atoms with E-state index in [9.17, 15) is 44.7 Å². The number of hydrogen-bond acceptors (Lipinski definition) is 6. The Hall–Kier alpha value is -9.13. The number of fused-ring (bicyclic) bond motifs is 6. The van der Waals surface area contributed by atoms with E-state index in [4.69, 9.17) is 0 Å². The first-order chi connectivity index (χ1) is 29.1. The molecule has 0 atom stereocenters. The molecule has 0 aliphatic heterocycles. The van der Waals surface area contributed by atoms with Gasteiger partial charge in [0.15, 0.2) is 0 Å². The van der Waals surface area contributed by atoms with Crippen LogP contribution in [-0.4, -0.2) is 9.13 Å². The molecule has 0 fully saturated rings. The van der Waals surface area contributed by atoms with Crippen LogP contribution in [0.5, 0.6) is 0 Å². The molecule has 9 rings (SSSR count). The first-order valence-corrected chi connectivity index (χ1v) is 18.2. The van der Waals surface area contributed by atoms with Crippen molar-refractivity contribution in [2.24, 2.45) is 0 Å². The number of aromatic nitrogens is 2. The van der Waals surface area contributed by atoms with E-state index in [0.29, 0.717) is 72.1 Å². The summed E-state index contributed by atoms with van der Waals surface area (Å²) >= 11 is 0. The van der Waals surface area contributed by atoms with Gasteiger partial charge >= 0.3 is 6.18 Å². The molecular formula is C49H21F3N8. The highest BCUT2D eigenvalue weighted by atomic mass is 19.4. The van der Waals surface area contributed by atoms with Crippen molar-refractivity contribution in [3.05, 3.63) is 166 Å². The first-order valence-electron chi connectivity index (χ1n) is 18.2. The van der Waals surface area contributed by atoms with Crippen LogP contribution in [0, 0.1) is 68.0 Å². The molecule has 2 heterocycles. The number of nitriles is 6. The lowest BCUT2D eigenvalue weighted by Crippen LogP contribution is -2.05. The van der Waals surface area contributed by atoms with Gasteiger partial charge < -0.3 is 9.13 Å². The molecule has 0 saturated heterocycles. The predicted octanol–water partition coefficient (Wildman–Crippen LogP) is 11.5. The third kappa shape index (κ3) is 5.72. The molecule has 0 saturated carbocycles. The lowest BCUT2D eigenvalue weighted by Gasteiger charge is -2.19. The molecule has 0 aliphatic carbocycles. The quantitative estimate of drug-likeness (QED) is 0.173. The average Bonchev–Trinajstić information content (AvgIpc) is 3.78. The van der Waals surface area contributed by atoms with E-state index in [1.807, 2.05) is 33.4 Å². The van der Waals surface area contributed by atoms with Crippen LogP contribution in [-0.2, 0) is 6.18 Å². The molecule has 0 spiro atoms. The molecule has 0 unspecified atom stereocenters. The fraction of sp³-hybridized carbons (Fsp3) is 0.0204. The van der Waals surface area contributed by atoms with E-state index >= 15 is 0 Å². The van der Waals surface area contributed by atoms with Crippen molar-refractivity contribution >= 4 is 43.6 Å². The molecule has 0 N–H and O–H groups in total. The minimum absolute atomic E-state index is 0.193. The van der Waals surface area contributed by atoms with Crippen molar-refractivity contribution in [1.29, 1.82) is 31.6 Å². The number of alkyl halides is 3. The van der Waals surface area contributed by atoms with Gasteiger partial charge in [0.2, 0.25) is 0 Å². The van der Waals surface area contributed by atoms with E-state index in [1.165, 1.54) is 6.07 Å². The molecule has 2 aromatic heterocycles. The maximum Gasteiger partial charge on any atom is 0.416 e. The molecule has 278 valence electrons. The van der Waals surface area contributed by atoms with Crippen molar-refractivity contribution in [2.75, 3.05) is 0 Å². The van der Waals surface area contributed by atoms with Crippen LogP contribution in [0.4, 0.5) is 13.2 Å². The third-order valence-electron chi connectivity index (χ3n) is 10.7. The molecular weight excluding hydrogens is 758 g/mol. The molecule has 0 bridgehead atoms. The van der Waals surface area contributed by atoms with Crippen LogP contribution in [0.25, 0.3) is 77.2 Å². The molecule has 7 aromatic carbocycles. The summed E-state index contributed by atoms with van der Waals surface area (Å²) in [5.74, 6) is 0. The summed E-state index contributed by atoms with van der Waals surface area (Å²) in [5, 5.41) is 62.8. The zero-order chi connectivity index (χ0) is 41.9. The Bertz CT molecular complexity index is 3480. The van der Waals surface area contributed by atoms with E-state index < -0.39 is 11.7 Å². The SMILES string of the molecule is N#Cc1ccc2c(c1)c1cc(C#N)ccc1n2-c1ccc(C#N)c(-c2cc(-c3ccc(C(F)(F)F)cc3C#N)ccc2-n2c3ccc(C#N)cc3c3cc(C#N)ccc32)c1. The smallest absolute Gasteiger partial charge is 0.309 e. The molecule has 9 aromatic rings. The van der Waals surface area contributed by atoms with Crippen LogP contribution in [0.2, 0.25) is 0 Å². The molecule has 0 radical (unpaired) electrons. The summed E-state index contributed by atoms with van der Waals surface area (Å²) in [6.45, 7) is 0. The van der Waals surface area contributed by atoms with Crippen LogP contribution in [0.15, 0.2) is 127 Å². The Morgan fingerprint density at radius 2 is 0.867 bits per heavy atom. The number of rotatable bonds is 4. The Morgan fingerprint density at radius 1 is 0.383 bits per heavy atom. The fourth-order valence-corrected chi connectivity index (χ4v) is 8.03. The second-order valence-corrected chi connectivity index (χ2v) is 14.0. The average molecular weight is 779 g/mol. The van der Waals surface area contributed by atoms with Gasteiger partial charge in [-0.3, -0.25) is 0 Å². The maximum absolute atomic E-state index is 13.8. The van der Waals surface area contributed by atoms with Gasteiger partial charge in [-0.2, -0.15) is 44.7 Å². The minimum Gasteiger partial charge on any atom is -0.309 e. The third-order valence-corrected chi connectivity index (χ3v) is 10.7. The number of nitrogens with zero attached hydrogens (tertiary/aromatic N) is 8. The first kappa shape index (κ1) is 36.5. The van der Waals surface area contributed by atoms with Gasteiger partial charge in [0.25, 0.3) is 0 Å². The van der Waals surface area contributed by atoms with E-state index in [2.05, 4.69) is 30.3 Å². The second-order valence-electron chi connectivity index (χ2n) is 14.0. The molecule has 60 heavy (non-hydrogen) atoms. The summed E-state index contributed by atoms with van der Waals surface area (Å²) < 4.78 is 45.3. The molecule has 8 nitrogen and oxygen atoms in total. The van der Waals surface area contributed by atoms with Crippen LogP contribution in [0.1, 0.15) is 38.9 Å². The monoisotopic (exact) mass is 778 g/mol. The largest absolute Gasteiger partial charge is 0.416 e. The summed E-state index contributed by atoms with van der Waals surface area (Å²) in [4.78, 5) is 0. The summed E-state index contributed by atoms with van der Waals surface area (Å²) in [5.41, 5.74) is 6.39. The number of benzene rings is 7. The molecule has 0 amide bonds. The second kappa shape index (κ2) is 13.8. The van der Waals surface area contributed by atoms with Crippen molar-refractivity contribution in [3.63, 3.8) is 0 Å². The van der Waals surface area contributed by atoms with Gasteiger partial charge in [-0.15, -0.1) is 0 Å². The van der Waals surface area contributed by atoms with Crippen molar-refractivity contribution in [1.82, 2.24) is 9.13 Å². The number of hydrogen-bond donors (Lipinski definition) is 0. The standard InChI is InChI=1S/C49H21F3N8/c50-49(51,52)35-7-9-37(34(19-35)27-58)32-6-14-48(60-46-12-3-30(24-55)17-41(46)42-18-31(25-56)4-13-47(42)60)43(20-32)38-21-36(8-5-33(38)26-57)59-44-10-1-28(22-53)15-39(44)40-16-29(23-54)2-11-45(40)59/h1-21H. The lowest BCUT2D eigenvalue weighted by atomic mass is 9.91. The van der Waals surface area contributed by atoms with Gasteiger partial charge in [0.1, 0.15) is 0 Å². The van der Waals surface area contributed by atoms with Gasteiger partial charge in [-0.05, 0) is 126 Å². The molecule has 0 aliphatic rings. The summed E-state index contributed by atoms with van der Waals surface area (Å²) in [6, 6.07) is 47.5. The van der Waals surface area contributed by atoms with Crippen molar-refractivity contribution in [2.45, 2.75) is 6.18 Å². The Labute approximate surface area is 339 Å². The van der Waals surface area contributed by atoms with Gasteiger partial charge in [0.05, 0.1) is 103 Å². The summed E-state index contributed by atoms with van der Waals surface area (Å²) in [6.07, 6.45) is -4.67. The van der Waals surface area contributed by atoms with Crippen LogP contribution >= 0.6 is 0 Å². The van der Waals surface area contributed by atoms with Crippen molar-refractivity contribution < 1.29 is 13.2 Å². The minimum atomic E-state index is -4.67. The molecule has 11 heteroatoms. The Morgan fingerprint density at radius 3 is 1.32 bits per heavy atom. The van der Waals surface area contributed by atoms with E-state index in [-0.39, 0.29) is 16.7 Å². The van der Waals surface area contributed by atoms with Gasteiger partial charge in [0, 0.05) is 38.4 Å². The predicted molar refractivity (Wildman–Crippen MR) is 219 cm³/mol. The topological polar surface area (TPSA) is 153 Å². The maximum atomic E-state index is 13.8. The summed E-state index contributed by atoms with van der Waals surface area (Å²) in [7, 11) is 0. The highest BCUT2D eigenvalue weighted by Crippen LogP contribution is 2.42. The lowest BCUT2D eigenvalue weighted by molar-refractivity contribution is -0.137. The Balaban J connectivity index is 1.38. The number of halogens is 3. The van der Waals surface area contributed by atoms with Crippen LogP contribution < -0.4 is 0 Å². The zero-order valence-corrected chi connectivity index (χ0v) is 30.8. The van der Waals surface area contributed by atoms with Gasteiger partial charge in [-0.1, -0.05) is 12.1 Å². The van der Waals surface area contributed by atoms with E-state index in [1.54, 1.807) is 91.0 Å². The van der Waals surface area contributed by atoms with Crippen LogP contribution in [0.3, 0.4) is 0 Å². The zero-order valence-electron chi connectivity index (χ0n) is 30.8.